The van der Waals surface area contributed by atoms with Crippen molar-refractivity contribution >= 4 is 5.97 Å². The van der Waals surface area contributed by atoms with Crippen LogP contribution in [0.3, 0.4) is 0 Å². The van der Waals surface area contributed by atoms with Gasteiger partial charge < -0.3 is 4.74 Å². The van der Waals surface area contributed by atoms with Gasteiger partial charge in [0.1, 0.15) is 0 Å². The van der Waals surface area contributed by atoms with Crippen LogP contribution in [-0.4, -0.2) is 13.1 Å². The highest BCUT2D eigenvalue weighted by molar-refractivity contribution is 5.89. The van der Waals surface area contributed by atoms with Crippen LogP contribution in [0.2, 0.25) is 0 Å². The summed E-state index contributed by atoms with van der Waals surface area (Å²) in [6.07, 6.45) is 1.12. The number of carbonyl (C=O) groups is 1. The van der Waals surface area contributed by atoms with E-state index < -0.39 is 0 Å². The molecule has 20 heavy (non-hydrogen) atoms. The molecular formula is C18H28O2. The molecule has 0 aliphatic heterocycles. The first-order valence-corrected chi connectivity index (χ1v) is 7.23. The summed E-state index contributed by atoms with van der Waals surface area (Å²) >= 11 is 0. The maximum atomic E-state index is 11.5. The van der Waals surface area contributed by atoms with Crippen LogP contribution in [0.25, 0.3) is 0 Å². The number of benzene rings is 1. The lowest BCUT2D eigenvalue weighted by atomic mass is 9.69. The third-order valence-electron chi connectivity index (χ3n) is 3.60. The second-order valence-corrected chi connectivity index (χ2v) is 7.80. The molecule has 0 saturated carbocycles. The van der Waals surface area contributed by atoms with Crippen molar-refractivity contribution < 1.29 is 9.53 Å². The highest BCUT2D eigenvalue weighted by Gasteiger charge is 2.30. The molecule has 2 nitrogen and oxygen atoms in total. The van der Waals surface area contributed by atoms with Gasteiger partial charge in [-0.15, -0.1) is 0 Å². The Bertz CT molecular complexity index is 444. The van der Waals surface area contributed by atoms with Gasteiger partial charge in [0.15, 0.2) is 0 Å². The first-order valence-electron chi connectivity index (χ1n) is 7.23. The number of hydrogen-bond acceptors (Lipinski definition) is 2. The summed E-state index contributed by atoms with van der Waals surface area (Å²) in [5.74, 6) is 0.189. The molecule has 0 bridgehead atoms. The fraction of sp³-hybridized carbons (Fsp3) is 0.611. The molecule has 0 heterocycles. The molecule has 0 amide bonds. The van der Waals surface area contributed by atoms with Gasteiger partial charge >= 0.3 is 5.97 Å². The van der Waals surface area contributed by atoms with Crippen LogP contribution in [0.1, 0.15) is 69.8 Å². The van der Waals surface area contributed by atoms with E-state index in [0.29, 0.717) is 11.5 Å². The number of hydrogen-bond donors (Lipinski definition) is 0. The molecule has 1 atom stereocenters. The second-order valence-electron chi connectivity index (χ2n) is 7.80. The lowest BCUT2D eigenvalue weighted by molar-refractivity contribution is 0.0600. The van der Waals surface area contributed by atoms with Gasteiger partial charge in [-0.2, -0.15) is 0 Å². The SMILES string of the molecule is COC(=O)c1ccc(C(CC(C)(C)C)C(C)(C)C)cc1. The fourth-order valence-electron chi connectivity index (χ4n) is 2.51. The molecule has 0 fully saturated rings. The van der Waals surface area contributed by atoms with Gasteiger partial charge in [0.2, 0.25) is 0 Å². The van der Waals surface area contributed by atoms with E-state index in [1.165, 1.54) is 12.7 Å². The Hall–Kier alpha value is -1.31. The van der Waals surface area contributed by atoms with Crippen molar-refractivity contribution in [3.63, 3.8) is 0 Å². The van der Waals surface area contributed by atoms with Crippen molar-refractivity contribution in [3.8, 4) is 0 Å². The summed E-state index contributed by atoms with van der Waals surface area (Å²) < 4.78 is 4.75. The maximum absolute atomic E-state index is 11.5. The van der Waals surface area contributed by atoms with Gasteiger partial charge in [0.05, 0.1) is 12.7 Å². The van der Waals surface area contributed by atoms with Crippen LogP contribution in [0, 0.1) is 10.8 Å². The van der Waals surface area contributed by atoms with Gasteiger partial charge in [-0.25, -0.2) is 4.79 Å². The highest BCUT2D eigenvalue weighted by atomic mass is 16.5. The zero-order valence-electron chi connectivity index (χ0n) is 13.9. The molecule has 0 N–H and O–H groups in total. The molecule has 112 valence electrons. The highest BCUT2D eigenvalue weighted by Crippen LogP contribution is 2.42. The molecule has 0 aliphatic rings. The van der Waals surface area contributed by atoms with Crippen LogP contribution in [0.15, 0.2) is 24.3 Å². The van der Waals surface area contributed by atoms with E-state index in [2.05, 4.69) is 53.7 Å². The predicted octanol–water partition coefficient (Wildman–Crippen LogP) is 5.04. The van der Waals surface area contributed by atoms with E-state index in [4.69, 9.17) is 4.74 Å². The number of methoxy groups -OCH3 is 1. The Balaban J connectivity index is 3.06. The normalized spacial score (nSPS) is 13.9. The summed E-state index contributed by atoms with van der Waals surface area (Å²) in [4.78, 5) is 11.5. The summed E-state index contributed by atoms with van der Waals surface area (Å²) in [5.41, 5.74) is 2.37. The minimum absolute atomic E-state index is 0.195. The predicted molar refractivity (Wildman–Crippen MR) is 84.0 cm³/mol. The van der Waals surface area contributed by atoms with E-state index in [1.54, 1.807) is 0 Å². The smallest absolute Gasteiger partial charge is 0.337 e. The molecule has 1 aromatic carbocycles. The van der Waals surface area contributed by atoms with E-state index in [1.807, 2.05) is 12.1 Å². The number of esters is 1. The third-order valence-corrected chi connectivity index (χ3v) is 3.60. The molecule has 0 aliphatic carbocycles. The molecule has 0 radical (unpaired) electrons. The molecule has 0 spiro atoms. The quantitative estimate of drug-likeness (QED) is 0.723. The van der Waals surface area contributed by atoms with Crippen molar-refractivity contribution in [1.29, 1.82) is 0 Å². The van der Waals surface area contributed by atoms with Crippen molar-refractivity contribution in [2.45, 2.75) is 53.9 Å². The molecule has 2 heteroatoms. The zero-order valence-corrected chi connectivity index (χ0v) is 13.9. The van der Waals surface area contributed by atoms with Crippen molar-refractivity contribution in [2.75, 3.05) is 7.11 Å². The average Bonchev–Trinajstić information content (AvgIpc) is 2.33. The molecule has 1 rings (SSSR count). The van der Waals surface area contributed by atoms with E-state index >= 15 is 0 Å². The van der Waals surface area contributed by atoms with Gasteiger partial charge in [0.25, 0.3) is 0 Å². The number of rotatable bonds is 3. The van der Waals surface area contributed by atoms with Crippen LogP contribution in [-0.2, 0) is 4.74 Å². The van der Waals surface area contributed by atoms with Crippen LogP contribution in [0.4, 0.5) is 0 Å². The minimum Gasteiger partial charge on any atom is -0.465 e. The van der Waals surface area contributed by atoms with Gasteiger partial charge in [-0.05, 0) is 40.9 Å². The van der Waals surface area contributed by atoms with Gasteiger partial charge in [-0.3, -0.25) is 0 Å². The Morgan fingerprint density at radius 2 is 1.55 bits per heavy atom. The lowest BCUT2D eigenvalue weighted by Crippen LogP contribution is -2.23. The topological polar surface area (TPSA) is 26.3 Å². The number of carbonyl (C=O) groups excluding carboxylic acids is 1. The first-order chi connectivity index (χ1) is 9.04. The molecule has 1 unspecified atom stereocenters. The Kier molecular flexibility index (Phi) is 5.01. The monoisotopic (exact) mass is 276 g/mol. The fourth-order valence-corrected chi connectivity index (χ4v) is 2.51. The summed E-state index contributed by atoms with van der Waals surface area (Å²) in [5, 5.41) is 0. The maximum Gasteiger partial charge on any atom is 0.337 e. The van der Waals surface area contributed by atoms with Crippen LogP contribution >= 0.6 is 0 Å². The molecule has 1 aromatic rings. The Morgan fingerprint density at radius 3 is 1.90 bits per heavy atom. The Labute approximate surface area is 123 Å². The molecule has 0 saturated heterocycles. The van der Waals surface area contributed by atoms with Gasteiger partial charge in [0, 0.05) is 0 Å². The summed E-state index contributed by atoms with van der Waals surface area (Å²) in [6.45, 7) is 13.6. The van der Waals surface area contributed by atoms with Crippen LogP contribution in [0.5, 0.6) is 0 Å². The largest absolute Gasteiger partial charge is 0.465 e. The van der Waals surface area contributed by atoms with Crippen molar-refractivity contribution in [1.82, 2.24) is 0 Å². The summed E-state index contributed by atoms with van der Waals surface area (Å²) in [7, 11) is 1.41. The Morgan fingerprint density at radius 1 is 1.05 bits per heavy atom. The third kappa shape index (κ3) is 4.66. The number of ether oxygens (including phenoxy) is 1. The van der Waals surface area contributed by atoms with Gasteiger partial charge in [-0.1, -0.05) is 53.7 Å². The minimum atomic E-state index is -0.278. The van der Waals surface area contributed by atoms with E-state index in [-0.39, 0.29) is 16.8 Å². The standard InChI is InChI=1S/C18H28O2/c1-17(2,3)12-15(18(4,5)6)13-8-10-14(11-9-13)16(19)20-7/h8-11,15H,12H2,1-7H3. The second kappa shape index (κ2) is 5.99. The average molecular weight is 276 g/mol. The van der Waals surface area contributed by atoms with Crippen LogP contribution < -0.4 is 0 Å². The lowest BCUT2D eigenvalue weighted by Gasteiger charge is -2.36. The zero-order chi connectivity index (χ0) is 15.6. The molecule has 0 aromatic heterocycles. The van der Waals surface area contributed by atoms with Crippen molar-refractivity contribution in [2.24, 2.45) is 10.8 Å². The van der Waals surface area contributed by atoms with E-state index in [0.717, 1.165) is 6.42 Å². The van der Waals surface area contributed by atoms with Crippen molar-refractivity contribution in [3.05, 3.63) is 35.4 Å². The molecular weight excluding hydrogens is 248 g/mol. The summed E-state index contributed by atoms with van der Waals surface area (Å²) in [6, 6.07) is 7.85. The van der Waals surface area contributed by atoms with E-state index in [9.17, 15) is 4.79 Å². The first kappa shape index (κ1) is 16.7.